The molecule has 1 aromatic carbocycles. The second-order valence-corrected chi connectivity index (χ2v) is 4.84. The lowest BCUT2D eigenvalue weighted by Crippen LogP contribution is -2.34. The van der Waals surface area contributed by atoms with Crippen LogP contribution in [0.4, 0.5) is 0 Å². The Labute approximate surface area is 89.9 Å². The summed E-state index contributed by atoms with van der Waals surface area (Å²) in [7, 11) is 2.00. The molecular weight excluding hydrogens is 186 g/mol. The Morgan fingerprint density at radius 2 is 2.13 bits per heavy atom. The summed E-state index contributed by atoms with van der Waals surface area (Å²) in [5.41, 5.74) is 9.27. The van der Waals surface area contributed by atoms with Gasteiger partial charge in [0.05, 0.1) is 17.4 Å². The molecule has 2 rings (SSSR count). The molecule has 2 N–H and O–H groups in total. The maximum absolute atomic E-state index is 5.99. The van der Waals surface area contributed by atoms with E-state index in [1.807, 2.05) is 31.8 Å². The van der Waals surface area contributed by atoms with Gasteiger partial charge >= 0.3 is 0 Å². The smallest absolute Gasteiger partial charge is 0.0955 e. The third-order valence-corrected chi connectivity index (χ3v) is 2.45. The monoisotopic (exact) mass is 203 g/mol. The van der Waals surface area contributed by atoms with Crippen LogP contribution in [0.15, 0.2) is 24.5 Å². The fourth-order valence-corrected chi connectivity index (χ4v) is 1.82. The van der Waals surface area contributed by atoms with Gasteiger partial charge in [-0.05, 0) is 38.0 Å². The third-order valence-electron chi connectivity index (χ3n) is 2.45. The van der Waals surface area contributed by atoms with Crippen LogP contribution >= 0.6 is 0 Å². The van der Waals surface area contributed by atoms with E-state index in [1.54, 1.807) is 0 Å². The first-order valence-corrected chi connectivity index (χ1v) is 5.14. The van der Waals surface area contributed by atoms with Crippen LogP contribution in [0.3, 0.4) is 0 Å². The number of aryl methyl sites for hydroxylation is 1. The molecule has 0 bridgehead atoms. The molecule has 0 saturated heterocycles. The molecule has 1 heterocycles. The van der Waals surface area contributed by atoms with Gasteiger partial charge in [0.2, 0.25) is 0 Å². The molecule has 3 heteroatoms. The Morgan fingerprint density at radius 1 is 1.40 bits per heavy atom. The van der Waals surface area contributed by atoms with Gasteiger partial charge in [-0.2, -0.15) is 0 Å². The number of imidazole rings is 1. The summed E-state index contributed by atoms with van der Waals surface area (Å²) in [5.74, 6) is 0. The first-order valence-electron chi connectivity index (χ1n) is 5.14. The minimum Gasteiger partial charge on any atom is -0.334 e. The topological polar surface area (TPSA) is 43.8 Å². The fraction of sp³-hybridized carbons (Fsp3) is 0.417. The van der Waals surface area contributed by atoms with E-state index in [-0.39, 0.29) is 5.54 Å². The van der Waals surface area contributed by atoms with Gasteiger partial charge in [0.25, 0.3) is 0 Å². The first kappa shape index (κ1) is 10.2. The Bertz CT molecular complexity index is 477. The molecule has 80 valence electrons. The van der Waals surface area contributed by atoms with Crippen molar-refractivity contribution in [2.24, 2.45) is 12.8 Å². The highest BCUT2D eigenvalue weighted by Gasteiger charge is 2.12. The van der Waals surface area contributed by atoms with Gasteiger partial charge in [-0.25, -0.2) is 4.98 Å². The van der Waals surface area contributed by atoms with Gasteiger partial charge in [-0.15, -0.1) is 0 Å². The Kier molecular flexibility index (Phi) is 2.27. The third kappa shape index (κ3) is 2.18. The van der Waals surface area contributed by atoms with Crippen LogP contribution in [0.2, 0.25) is 0 Å². The van der Waals surface area contributed by atoms with Crippen LogP contribution < -0.4 is 5.73 Å². The molecule has 0 radical (unpaired) electrons. The molecule has 0 amide bonds. The highest BCUT2D eigenvalue weighted by Crippen LogP contribution is 2.17. The van der Waals surface area contributed by atoms with E-state index in [2.05, 4.69) is 23.2 Å². The van der Waals surface area contributed by atoms with Crippen molar-refractivity contribution in [3.8, 4) is 0 Å². The minimum atomic E-state index is -0.164. The zero-order chi connectivity index (χ0) is 11.1. The Balaban J connectivity index is 2.39. The van der Waals surface area contributed by atoms with E-state index in [0.717, 1.165) is 17.5 Å². The van der Waals surface area contributed by atoms with E-state index in [1.165, 1.54) is 5.56 Å². The second kappa shape index (κ2) is 3.35. The molecule has 0 saturated carbocycles. The summed E-state index contributed by atoms with van der Waals surface area (Å²) in [4.78, 5) is 4.33. The van der Waals surface area contributed by atoms with Crippen LogP contribution in [0, 0.1) is 0 Å². The predicted octanol–water partition coefficient (Wildman–Crippen LogP) is 1.85. The first-order chi connectivity index (χ1) is 6.96. The summed E-state index contributed by atoms with van der Waals surface area (Å²) in [6.07, 6.45) is 2.71. The molecule has 0 fully saturated rings. The van der Waals surface area contributed by atoms with Gasteiger partial charge in [0.15, 0.2) is 0 Å². The highest BCUT2D eigenvalue weighted by molar-refractivity contribution is 5.75. The molecule has 1 aromatic heterocycles. The van der Waals surface area contributed by atoms with Crippen LogP contribution in [0.5, 0.6) is 0 Å². The van der Waals surface area contributed by atoms with Crippen molar-refractivity contribution in [2.45, 2.75) is 25.8 Å². The molecule has 0 spiro atoms. The minimum absolute atomic E-state index is 0.164. The normalized spacial score (nSPS) is 12.3. The number of fused-ring (bicyclic) bond motifs is 1. The number of aromatic nitrogens is 2. The molecule has 15 heavy (non-hydrogen) atoms. The SMILES string of the molecule is Cn1cnc2cc(CC(C)(C)N)ccc21. The van der Waals surface area contributed by atoms with E-state index in [4.69, 9.17) is 5.73 Å². The molecule has 2 aromatic rings. The molecule has 0 atom stereocenters. The second-order valence-electron chi connectivity index (χ2n) is 4.84. The summed E-state index contributed by atoms with van der Waals surface area (Å²) < 4.78 is 2.02. The Hall–Kier alpha value is -1.35. The number of nitrogens with two attached hydrogens (primary N) is 1. The van der Waals surface area contributed by atoms with Crippen molar-refractivity contribution in [3.05, 3.63) is 30.1 Å². The lowest BCUT2D eigenvalue weighted by molar-refractivity contribution is 0.517. The lowest BCUT2D eigenvalue weighted by Gasteiger charge is -2.18. The zero-order valence-corrected chi connectivity index (χ0v) is 9.49. The maximum atomic E-state index is 5.99. The van der Waals surface area contributed by atoms with Crippen molar-refractivity contribution in [1.82, 2.24) is 9.55 Å². The molecule has 0 aliphatic rings. The number of hydrogen-bond acceptors (Lipinski definition) is 2. The lowest BCUT2D eigenvalue weighted by atomic mass is 9.96. The summed E-state index contributed by atoms with van der Waals surface area (Å²) in [6, 6.07) is 6.34. The molecule has 0 unspecified atom stereocenters. The number of benzene rings is 1. The quantitative estimate of drug-likeness (QED) is 0.809. The summed E-state index contributed by atoms with van der Waals surface area (Å²) in [6.45, 7) is 4.07. The van der Waals surface area contributed by atoms with Crippen molar-refractivity contribution in [3.63, 3.8) is 0 Å². The van der Waals surface area contributed by atoms with Gasteiger partial charge in [0, 0.05) is 12.6 Å². The number of nitrogens with zero attached hydrogens (tertiary/aromatic N) is 2. The van der Waals surface area contributed by atoms with E-state index < -0.39 is 0 Å². The zero-order valence-electron chi connectivity index (χ0n) is 9.49. The fourth-order valence-electron chi connectivity index (χ4n) is 1.82. The average molecular weight is 203 g/mol. The van der Waals surface area contributed by atoms with Gasteiger partial charge in [0.1, 0.15) is 0 Å². The van der Waals surface area contributed by atoms with Gasteiger partial charge in [-0.3, -0.25) is 0 Å². The van der Waals surface area contributed by atoms with Crippen molar-refractivity contribution in [2.75, 3.05) is 0 Å². The van der Waals surface area contributed by atoms with Crippen molar-refractivity contribution in [1.29, 1.82) is 0 Å². The average Bonchev–Trinajstić information content (AvgIpc) is 2.45. The number of hydrogen-bond donors (Lipinski definition) is 1. The molecule has 0 aliphatic carbocycles. The highest BCUT2D eigenvalue weighted by atomic mass is 15.0. The van der Waals surface area contributed by atoms with Crippen molar-refractivity contribution < 1.29 is 0 Å². The van der Waals surface area contributed by atoms with Crippen LogP contribution in [0.25, 0.3) is 11.0 Å². The standard InChI is InChI=1S/C12H17N3/c1-12(2,13)7-9-4-5-11-10(6-9)14-8-15(11)3/h4-6,8H,7,13H2,1-3H3. The van der Waals surface area contributed by atoms with Crippen LogP contribution in [0.1, 0.15) is 19.4 Å². The van der Waals surface area contributed by atoms with Gasteiger partial charge in [-0.1, -0.05) is 6.07 Å². The Morgan fingerprint density at radius 3 is 2.80 bits per heavy atom. The largest absolute Gasteiger partial charge is 0.334 e. The van der Waals surface area contributed by atoms with E-state index >= 15 is 0 Å². The summed E-state index contributed by atoms with van der Waals surface area (Å²) in [5, 5.41) is 0. The molecular formula is C12H17N3. The van der Waals surface area contributed by atoms with E-state index in [0.29, 0.717) is 0 Å². The molecule has 0 aliphatic heterocycles. The maximum Gasteiger partial charge on any atom is 0.0955 e. The summed E-state index contributed by atoms with van der Waals surface area (Å²) >= 11 is 0. The van der Waals surface area contributed by atoms with E-state index in [9.17, 15) is 0 Å². The van der Waals surface area contributed by atoms with Crippen LogP contribution in [-0.4, -0.2) is 15.1 Å². The van der Waals surface area contributed by atoms with Crippen molar-refractivity contribution >= 4 is 11.0 Å². The number of rotatable bonds is 2. The van der Waals surface area contributed by atoms with Crippen LogP contribution in [-0.2, 0) is 13.5 Å². The van der Waals surface area contributed by atoms with Gasteiger partial charge < -0.3 is 10.3 Å². The predicted molar refractivity (Wildman–Crippen MR) is 62.7 cm³/mol. The molecule has 3 nitrogen and oxygen atoms in total.